The number of alkyl halides is 3. The highest BCUT2D eigenvalue weighted by Gasteiger charge is 2.40. The summed E-state index contributed by atoms with van der Waals surface area (Å²) in [6.45, 7) is 4.00. The first kappa shape index (κ1) is 20.3. The molecule has 0 saturated carbocycles. The number of thiazole rings is 1. The molecule has 1 aromatic carbocycles. The Kier molecular flexibility index (Phi) is 5.76. The standard InChI is InChI=1S/C18H16ClF3N4OS/c1-10(2)17-25-12(9-28-17)7-23-16(27)14-8-24-26(15(14)18(20,21)22)13-5-3-4-11(19)6-13/h3-6,8-10H,7H2,1-2H3,(H,23,27). The van der Waals surface area contributed by atoms with Crippen molar-refractivity contribution >= 4 is 28.8 Å². The lowest BCUT2D eigenvalue weighted by Crippen LogP contribution is -2.26. The van der Waals surface area contributed by atoms with Crippen molar-refractivity contribution in [3.05, 3.63) is 62.8 Å². The van der Waals surface area contributed by atoms with Crippen molar-refractivity contribution in [1.29, 1.82) is 0 Å². The number of nitrogens with one attached hydrogen (secondary N) is 1. The second kappa shape index (κ2) is 7.92. The van der Waals surface area contributed by atoms with Gasteiger partial charge in [-0.1, -0.05) is 31.5 Å². The number of hydrogen-bond donors (Lipinski definition) is 1. The van der Waals surface area contributed by atoms with Crippen LogP contribution in [-0.4, -0.2) is 20.7 Å². The van der Waals surface area contributed by atoms with Crippen LogP contribution in [0.25, 0.3) is 5.69 Å². The molecule has 3 rings (SSSR count). The Labute approximate surface area is 168 Å². The van der Waals surface area contributed by atoms with Gasteiger partial charge < -0.3 is 5.32 Å². The number of rotatable bonds is 5. The van der Waals surface area contributed by atoms with Gasteiger partial charge in [-0.05, 0) is 18.2 Å². The lowest BCUT2D eigenvalue weighted by atomic mass is 10.2. The fraction of sp³-hybridized carbons (Fsp3) is 0.278. The van der Waals surface area contributed by atoms with E-state index in [4.69, 9.17) is 11.6 Å². The highest BCUT2D eigenvalue weighted by molar-refractivity contribution is 7.09. The van der Waals surface area contributed by atoms with Crippen LogP contribution in [0.15, 0.2) is 35.8 Å². The van der Waals surface area contributed by atoms with E-state index in [1.54, 1.807) is 5.38 Å². The summed E-state index contributed by atoms with van der Waals surface area (Å²) >= 11 is 7.31. The zero-order valence-electron chi connectivity index (χ0n) is 14.9. The maximum absolute atomic E-state index is 13.7. The first-order valence-electron chi connectivity index (χ1n) is 8.30. The van der Waals surface area contributed by atoms with Gasteiger partial charge in [-0.3, -0.25) is 4.79 Å². The number of carbonyl (C=O) groups is 1. The lowest BCUT2D eigenvalue weighted by Gasteiger charge is -2.13. The van der Waals surface area contributed by atoms with E-state index in [1.807, 2.05) is 13.8 Å². The molecule has 0 bridgehead atoms. The minimum atomic E-state index is -4.78. The molecule has 0 radical (unpaired) electrons. The molecular weight excluding hydrogens is 413 g/mol. The molecule has 1 N–H and O–H groups in total. The number of hydrogen-bond acceptors (Lipinski definition) is 4. The topological polar surface area (TPSA) is 59.8 Å². The second-order valence-electron chi connectivity index (χ2n) is 6.31. The van der Waals surface area contributed by atoms with Gasteiger partial charge in [0, 0.05) is 16.3 Å². The van der Waals surface area contributed by atoms with E-state index in [9.17, 15) is 18.0 Å². The molecule has 0 saturated heterocycles. The van der Waals surface area contributed by atoms with Crippen LogP contribution < -0.4 is 5.32 Å². The van der Waals surface area contributed by atoms with Crippen molar-refractivity contribution < 1.29 is 18.0 Å². The molecule has 1 amide bonds. The van der Waals surface area contributed by atoms with E-state index in [1.165, 1.54) is 35.6 Å². The summed E-state index contributed by atoms with van der Waals surface area (Å²) in [4.78, 5) is 16.8. The van der Waals surface area contributed by atoms with E-state index in [2.05, 4.69) is 15.4 Å². The van der Waals surface area contributed by atoms with E-state index in [0.29, 0.717) is 10.4 Å². The Hall–Kier alpha value is -2.39. The van der Waals surface area contributed by atoms with E-state index in [0.717, 1.165) is 11.2 Å². The van der Waals surface area contributed by atoms with Crippen molar-refractivity contribution in [2.75, 3.05) is 0 Å². The molecule has 0 aliphatic rings. The molecular formula is C18H16ClF3N4OS. The number of carbonyl (C=O) groups excluding carboxylic acids is 1. The summed E-state index contributed by atoms with van der Waals surface area (Å²) in [6, 6.07) is 5.81. The molecule has 28 heavy (non-hydrogen) atoms. The first-order valence-corrected chi connectivity index (χ1v) is 9.56. The van der Waals surface area contributed by atoms with Gasteiger partial charge in [0.2, 0.25) is 0 Å². The van der Waals surface area contributed by atoms with Crippen LogP contribution in [0.4, 0.5) is 13.2 Å². The van der Waals surface area contributed by atoms with Crippen LogP contribution in [0.1, 0.15) is 46.5 Å². The molecule has 10 heteroatoms. The lowest BCUT2D eigenvalue weighted by molar-refractivity contribution is -0.143. The van der Waals surface area contributed by atoms with Gasteiger partial charge in [0.05, 0.1) is 34.7 Å². The smallest absolute Gasteiger partial charge is 0.346 e. The molecule has 0 aliphatic carbocycles. The van der Waals surface area contributed by atoms with Crippen molar-refractivity contribution in [3.63, 3.8) is 0 Å². The molecule has 2 heterocycles. The molecule has 3 aromatic rings. The van der Waals surface area contributed by atoms with Crippen molar-refractivity contribution in [3.8, 4) is 5.69 Å². The summed E-state index contributed by atoms with van der Waals surface area (Å²) < 4.78 is 41.6. The van der Waals surface area contributed by atoms with Crippen LogP contribution in [0.5, 0.6) is 0 Å². The summed E-state index contributed by atoms with van der Waals surface area (Å²) in [5, 5.41) is 9.17. The van der Waals surface area contributed by atoms with Crippen LogP contribution >= 0.6 is 22.9 Å². The summed E-state index contributed by atoms with van der Waals surface area (Å²) in [7, 11) is 0. The third-order valence-electron chi connectivity index (χ3n) is 3.83. The number of amides is 1. The minimum Gasteiger partial charge on any atom is -0.346 e. The summed E-state index contributed by atoms with van der Waals surface area (Å²) in [5.41, 5.74) is -1.02. The zero-order valence-corrected chi connectivity index (χ0v) is 16.5. The molecule has 5 nitrogen and oxygen atoms in total. The van der Waals surface area contributed by atoms with E-state index >= 15 is 0 Å². The van der Waals surface area contributed by atoms with Crippen molar-refractivity contribution in [1.82, 2.24) is 20.1 Å². The summed E-state index contributed by atoms with van der Waals surface area (Å²) in [6.07, 6.45) is -3.88. The van der Waals surface area contributed by atoms with Gasteiger partial charge in [-0.25, -0.2) is 9.67 Å². The zero-order chi connectivity index (χ0) is 20.5. The fourth-order valence-corrected chi connectivity index (χ4v) is 3.55. The Morgan fingerprint density at radius 1 is 1.36 bits per heavy atom. The predicted molar refractivity (Wildman–Crippen MR) is 101 cm³/mol. The quantitative estimate of drug-likeness (QED) is 0.618. The highest BCUT2D eigenvalue weighted by Crippen LogP contribution is 2.34. The SMILES string of the molecule is CC(C)c1nc(CNC(=O)c2cnn(-c3cccc(Cl)c3)c2C(F)(F)F)cs1. The van der Waals surface area contributed by atoms with Gasteiger partial charge in [-0.15, -0.1) is 11.3 Å². The normalized spacial score (nSPS) is 11.8. The Morgan fingerprint density at radius 2 is 2.11 bits per heavy atom. The molecule has 2 aromatic heterocycles. The molecule has 148 valence electrons. The van der Waals surface area contributed by atoms with E-state index < -0.39 is 23.3 Å². The largest absolute Gasteiger partial charge is 0.434 e. The van der Waals surface area contributed by atoms with Gasteiger partial charge in [-0.2, -0.15) is 18.3 Å². The third-order valence-corrected chi connectivity index (χ3v) is 5.26. The molecule has 0 fully saturated rings. The molecule has 0 atom stereocenters. The van der Waals surface area contributed by atoms with Crippen LogP contribution in [0.3, 0.4) is 0 Å². The van der Waals surface area contributed by atoms with Crippen LogP contribution in [0, 0.1) is 0 Å². The van der Waals surface area contributed by atoms with Gasteiger partial charge in [0.15, 0.2) is 5.69 Å². The number of aromatic nitrogens is 3. The Bertz CT molecular complexity index is 997. The van der Waals surface area contributed by atoms with Crippen molar-refractivity contribution in [2.45, 2.75) is 32.5 Å². The maximum atomic E-state index is 13.7. The third kappa shape index (κ3) is 4.36. The van der Waals surface area contributed by atoms with Gasteiger partial charge in [0.25, 0.3) is 5.91 Å². The summed E-state index contributed by atoms with van der Waals surface area (Å²) in [5.74, 6) is -0.637. The molecule has 0 aliphatic heterocycles. The van der Waals surface area contributed by atoms with Crippen molar-refractivity contribution in [2.24, 2.45) is 0 Å². The minimum absolute atomic E-state index is 0.0295. The second-order valence-corrected chi connectivity index (χ2v) is 7.64. The monoisotopic (exact) mass is 428 g/mol. The highest BCUT2D eigenvalue weighted by atomic mass is 35.5. The van der Waals surface area contributed by atoms with Gasteiger partial charge >= 0.3 is 6.18 Å². The fourth-order valence-electron chi connectivity index (χ4n) is 2.53. The Morgan fingerprint density at radius 3 is 2.71 bits per heavy atom. The maximum Gasteiger partial charge on any atom is 0.434 e. The Balaban J connectivity index is 1.87. The van der Waals surface area contributed by atoms with Crippen LogP contribution in [-0.2, 0) is 12.7 Å². The molecule has 0 unspecified atom stereocenters. The molecule has 0 spiro atoms. The number of benzene rings is 1. The average Bonchev–Trinajstić information content (AvgIpc) is 3.26. The number of halogens is 4. The average molecular weight is 429 g/mol. The van der Waals surface area contributed by atoms with Crippen LogP contribution in [0.2, 0.25) is 5.02 Å². The van der Waals surface area contributed by atoms with Gasteiger partial charge in [0.1, 0.15) is 0 Å². The number of nitrogens with zero attached hydrogens (tertiary/aromatic N) is 3. The first-order chi connectivity index (χ1) is 13.2. The van der Waals surface area contributed by atoms with E-state index in [-0.39, 0.29) is 23.2 Å². The predicted octanol–water partition coefficient (Wildman–Crippen LogP) is 5.05.